The Labute approximate surface area is 107 Å². The highest BCUT2D eigenvalue weighted by Crippen LogP contribution is 2.17. The Kier molecular flexibility index (Phi) is 2.64. The molecule has 0 radical (unpaired) electrons. The lowest BCUT2D eigenvalue weighted by Crippen LogP contribution is -2.26. The van der Waals surface area contributed by atoms with Crippen molar-refractivity contribution in [2.24, 2.45) is 4.99 Å². The summed E-state index contributed by atoms with van der Waals surface area (Å²) in [4.78, 5) is 12.9. The zero-order valence-electron chi connectivity index (χ0n) is 8.94. The molecular weight excluding hydrogens is 282 g/mol. The zero-order valence-corrected chi connectivity index (χ0v) is 10.5. The van der Waals surface area contributed by atoms with Gasteiger partial charge in [0.1, 0.15) is 4.60 Å². The molecule has 6 heteroatoms. The average molecular weight is 292 g/mol. The van der Waals surface area contributed by atoms with Crippen LogP contribution in [0.25, 0.3) is 11.0 Å². The van der Waals surface area contributed by atoms with E-state index in [1.54, 1.807) is 6.20 Å². The minimum absolute atomic E-state index is 0.743. The van der Waals surface area contributed by atoms with E-state index in [2.05, 4.69) is 41.5 Å². The summed E-state index contributed by atoms with van der Waals surface area (Å²) in [5.74, 6) is 0.814. The summed E-state index contributed by atoms with van der Waals surface area (Å²) >= 11 is 3.30. The molecule has 0 unspecified atom stereocenters. The lowest BCUT2D eigenvalue weighted by Gasteiger charge is -2.07. The van der Waals surface area contributed by atoms with Gasteiger partial charge in [-0.25, -0.2) is 4.98 Å². The van der Waals surface area contributed by atoms with E-state index >= 15 is 0 Å². The molecule has 0 saturated heterocycles. The largest absolute Gasteiger partial charge is 0.354 e. The van der Waals surface area contributed by atoms with Gasteiger partial charge in [-0.15, -0.1) is 0 Å². The molecule has 5 nitrogen and oxygen atoms in total. The van der Waals surface area contributed by atoms with Crippen molar-refractivity contribution in [3.63, 3.8) is 0 Å². The number of benzene rings is 1. The van der Waals surface area contributed by atoms with E-state index in [1.165, 1.54) is 0 Å². The number of fused-ring (bicyclic) bond motifs is 1. The van der Waals surface area contributed by atoms with Crippen LogP contribution in [0.4, 0.5) is 5.69 Å². The quantitative estimate of drug-likeness (QED) is 0.841. The van der Waals surface area contributed by atoms with Crippen molar-refractivity contribution in [1.82, 2.24) is 15.3 Å². The van der Waals surface area contributed by atoms with E-state index < -0.39 is 0 Å². The van der Waals surface area contributed by atoms with Gasteiger partial charge in [0.25, 0.3) is 0 Å². The van der Waals surface area contributed by atoms with Gasteiger partial charge in [-0.2, -0.15) is 0 Å². The minimum Gasteiger partial charge on any atom is -0.354 e. The molecule has 1 aliphatic heterocycles. The highest BCUT2D eigenvalue weighted by molar-refractivity contribution is 9.10. The van der Waals surface area contributed by atoms with Crippen LogP contribution < -0.4 is 10.6 Å². The van der Waals surface area contributed by atoms with Crippen molar-refractivity contribution in [1.29, 1.82) is 0 Å². The van der Waals surface area contributed by atoms with Crippen molar-refractivity contribution >= 4 is 38.6 Å². The van der Waals surface area contributed by atoms with Gasteiger partial charge in [-0.05, 0) is 34.1 Å². The molecule has 86 valence electrons. The highest BCUT2D eigenvalue weighted by Gasteiger charge is 2.05. The van der Waals surface area contributed by atoms with Crippen LogP contribution in [0.2, 0.25) is 0 Å². The predicted octanol–water partition coefficient (Wildman–Crippen LogP) is 1.76. The van der Waals surface area contributed by atoms with Gasteiger partial charge in [0, 0.05) is 12.2 Å². The van der Waals surface area contributed by atoms with Gasteiger partial charge in [-0.1, -0.05) is 0 Å². The number of anilines is 1. The highest BCUT2D eigenvalue weighted by atomic mass is 79.9. The van der Waals surface area contributed by atoms with Gasteiger partial charge in [0.2, 0.25) is 0 Å². The summed E-state index contributed by atoms with van der Waals surface area (Å²) in [6.07, 6.45) is 1.69. The molecule has 17 heavy (non-hydrogen) atoms. The van der Waals surface area contributed by atoms with Crippen LogP contribution in [-0.4, -0.2) is 29.0 Å². The van der Waals surface area contributed by atoms with Crippen molar-refractivity contribution in [3.8, 4) is 0 Å². The fourth-order valence-electron chi connectivity index (χ4n) is 1.68. The van der Waals surface area contributed by atoms with Crippen LogP contribution in [0.3, 0.4) is 0 Å². The number of nitrogens with one attached hydrogen (secondary N) is 2. The molecule has 0 atom stereocenters. The maximum absolute atomic E-state index is 4.33. The SMILES string of the molecule is Brc1cnc2cc(NC3=NCCN3)ccc2n1. The standard InChI is InChI=1S/C11H10BrN5/c12-10-6-15-9-5-7(1-2-8(9)17-10)16-11-13-3-4-14-11/h1-2,5-6H,3-4H2,(H2,13,14,16). The van der Waals surface area contributed by atoms with Gasteiger partial charge < -0.3 is 10.6 Å². The van der Waals surface area contributed by atoms with E-state index in [-0.39, 0.29) is 0 Å². The number of guanidine groups is 1. The molecule has 0 aliphatic carbocycles. The number of aliphatic imine (C=N–C) groups is 1. The van der Waals surface area contributed by atoms with E-state index in [4.69, 9.17) is 0 Å². The number of nitrogens with zero attached hydrogens (tertiary/aromatic N) is 3. The molecule has 0 amide bonds. The maximum atomic E-state index is 4.33. The minimum atomic E-state index is 0.743. The molecule has 0 spiro atoms. The van der Waals surface area contributed by atoms with Crippen molar-refractivity contribution < 1.29 is 0 Å². The summed E-state index contributed by atoms with van der Waals surface area (Å²) in [6.45, 7) is 1.71. The van der Waals surface area contributed by atoms with Crippen LogP contribution in [0.5, 0.6) is 0 Å². The Morgan fingerprint density at radius 3 is 3.06 bits per heavy atom. The molecule has 0 saturated carbocycles. The summed E-state index contributed by atoms with van der Waals surface area (Å²) in [5, 5.41) is 6.36. The van der Waals surface area contributed by atoms with E-state index in [1.807, 2.05) is 18.2 Å². The molecule has 2 heterocycles. The summed E-state index contributed by atoms with van der Waals surface area (Å²) < 4.78 is 0.743. The normalized spacial score (nSPS) is 14.5. The maximum Gasteiger partial charge on any atom is 0.195 e. The topological polar surface area (TPSA) is 62.2 Å². The summed E-state index contributed by atoms with van der Waals surface area (Å²) in [7, 11) is 0. The van der Waals surface area contributed by atoms with Crippen LogP contribution >= 0.6 is 15.9 Å². The molecule has 0 bridgehead atoms. The van der Waals surface area contributed by atoms with E-state index in [0.717, 1.165) is 40.4 Å². The molecule has 0 fully saturated rings. The Balaban J connectivity index is 1.93. The first-order valence-electron chi connectivity index (χ1n) is 5.29. The van der Waals surface area contributed by atoms with Crippen LogP contribution in [0, 0.1) is 0 Å². The second kappa shape index (κ2) is 4.29. The Hall–Kier alpha value is -1.69. The Morgan fingerprint density at radius 1 is 1.29 bits per heavy atom. The second-order valence-corrected chi connectivity index (χ2v) is 4.49. The molecule has 2 aromatic rings. The lowest BCUT2D eigenvalue weighted by atomic mass is 10.2. The number of aromatic nitrogens is 2. The number of rotatable bonds is 1. The number of hydrogen-bond donors (Lipinski definition) is 2. The van der Waals surface area contributed by atoms with Crippen LogP contribution in [0.1, 0.15) is 0 Å². The van der Waals surface area contributed by atoms with Crippen LogP contribution in [0.15, 0.2) is 34.0 Å². The molecule has 1 aromatic heterocycles. The third kappa shape index (κ3) is 2.21. The van der Waals surface area contributed by atoms with Gasteiger partial charge in [0.15, 0.2) is 5.96 Å². The van der Waals surface area contributed by atoms with E-state index in [9.17, 15) is 0 Å². The first-order valence-corrected chi connectivity index (χ1v) is 6.08. The Morgan fingerprint density at radius 2 is 2.24 bits per heavy atom. The van der Waals surface area contributed by atoms with Gasteiger partial charge >= 0.3 is 0 Å². The Bertz CT molecular complexity index is 595. The second-order valence-electron chi connectivity index (χ2n) is 3.68. The lowest BCUT2D eigenvalue weighted by molar-refractivity contribution is 0.959. The first-order chi connectivity index (χ1) is 8.31. The van der Waals surface area contributed by atoms with E-state index in [0.29, 0.717) is 0 Å². The molecule has 1 aliphatic rings. The number of halogens is 1. The zero-order chi connectivity index (χ0) is 11.7. The first kappa shape index (κ1) is 10.5. The average Bonchev–Trinajstić information content (AvgIpc) is 2.82. The van der Waals surface area contributed by atoms with Crippen molar-refractivity contribution in [3.05, 3.63) is 29.0 Å². The third-order valence-electron chi connectivity index (χ3n) is 2.45. The molecule has 2 N–H and O–H groups in total. The fourth-order valence-corrected chi connectivity index (χ4v) is 1.98. The molecule has 1 aromatic carbocycles. The monoisotopic (exact) mass is 291 g/mol. The fraction of sp³-hybridized carbons (Fsp3) is 0.182. The van der Waals surface area contributed by atoms with Gasteiger partial charge in [-0.3, -0.25) is 9.98 Å². The van der Waals surface area contributed by atoms with Crippen molar-refractivity contribution in [2.75, 3.05) is 18.4 Å². The third-order valence-corrected chi connectivity index (χ3v) is 2.83. The summed E-state index contributed by atoms with van der Waals surface area (Å²) in [5.41, 5.74) is 2.69. The predicted molar refractivity (Wildman–Crippen MR) is 71.2 cm³/mol. The van der Waals surface area contributed by atoms with Gasteiger partial charge in [0.05, 0.1) is 23.8 Å². The number of hydrogen-bond acceptors (Lipinski definition) is 5. The smallest absolute Gasteiger partial charge is 0.195 e. The van der Waals surface area contributed by atoms with Crippen molar-refractivity contribution in [2.45, 2.75) is 0 Å². The van der Waals surface area contributed by atoms with Crippen LogP contribution in [-0.2, 0) is 0 Å². The molecule has 3 rings (SSSR count). The summed E-state index contributed by atoms with van der Waals surface area (Å²) in [6, 6.07) is 5.86. The molecular formula is C11H10BrN5.